The molecule has 0 radical (unpaired) electrons. The zero-order chi connectivity index (χ0) is 9.45. The fourth-order valence-electron chi connectivity index (χ4n) is 1.21. The molecule has 2 heteroatoms. The molecular weight excluding hydrogens is 150 g/mol. The third kappa shape index (κ3) is 6.62. The summed E-state index contributed by atoms with van der Waals surface area (Å²) in [5.74, 6) is 0. The molecule has 0 amide bonds. The van der Waals surface area contributed by atoms with Gasteiger partial charge in [0, 0.05) is 5.54 Å². The number of rotatable bonds is 7. The lowest BCUT2D eigenvalue weighted by Gasteiger charge is -2.21. The predicted molar refractivity (Wildman–Crippen MR) is 53.1 cm³/mol. The van der Waals surface area contributed by atoms with Gasteiger partial charge >= 0.3 is 0 Å². The van der Waals surface area contributed by atoms with E-state index in [-0.39, 0.29) is 12.1 Å². The first kappa shape index (κ1) is 11.9. The lowest BCUT2D eigenvalue weighted by Crippen LogP contribution is -2.39. The predicted octanol–water partition coefficient (Wildman–Crippen LogP) is 2.06. The van der Waals surface area contributed by atoms with E-state index in [9.17, 15) is 0 Å². The molecule has 0 heterocycles. The van der Waals surface area contributed by atoms with E-state index < -0.39 is 0 Å². The Morgan fingerprint density at radius 3 is 2.25 bits per heavy atom. The number of aliphatic hydroxyl groups is 1. The largest absolute Gasteiger partial charge is 0.394 e. The van der Waals surface area contributed by atoms with Crippen LogP contribution in [-0.2, 0) is 0 Å². The van der Waals surface area contributed by atoms with Gasteiger partial charge in [-0.15, -0.1) is 0 Å². The topological polar surface area (TPSA) is 46.2 Å². The van der Waals surface area contributed by atoms with E-state index in [1.807, 2.05) is 6.92 Å². The van der Waals surface area contributed by atoms with Gasteiger partial charge in [-0.25, -0.2) is 0 Å². The van der Waals surface area contributed by atoms with E-state index in [2.05, 4.69) is 6.92 Å². The summed E-state index contributed by atoms with van der Waals surface area (Å²) in [5, 5.41) is 8.87. The van der Waals surface area contributed by atoms with Gasteiger partial charge in [-0.05, 0) is 13.3 Å². The molecule has 74 valence electrons. The maximum Gasteiger partial charge on any atom is 0.0608 e. The molecule has 2 nitrogen and oxygen atoms in total. The Morgan fingerprint density at radius 1 is 1.17 bits per heavy atom. The quantitative estimate of drug-likeness (QED) is 0.579. The average molecular weight is 173 g/mol. The fraction of sp³-hybridized carbons (Fsp3) is 1.00. The smallest absolute Gasteiger partial charge is 0.0608 e. The van der Waals surface area contributed by atoms with Crippen molar-refractivity contribution in [2.24, 2.45) is 5.73 Å². The lowest BCUT2D eigenvalue weighted by molar-refractivity contribution is 0.197. The highest BCUT2D eigenvalue weighted by molar-refractivity contribution is 4.76. The zero-order valence-corrected chi connectivity index (χ0v) is 8.47. The van der Waals surface area contributed by atoms with Crippen LogP contribution in [0.25, 0.3) is 0 Å². The van der Waals surface area contributed by atoms with E-state index in [4.69, 9.17) is 10.8 Å². The maximum atomic E-state index is 8.87. The van der Waals surface area contributed by atoms with Gasteiger partial charge in [0.05, 0.1) is 6.61 Å². The standard InChI is InChI=1S/C10H23NO/c1-3-4-5-6-7-8-10(2,11)9-12/h12H,3-9,11H2,1-2H3. The minimum Gasteiger partial charge on any atom is -0.394 e. The normalized spacial score (nSPS) is 16.0. The Kier molecular flexibility index (Phi) is 6.39. The van der Waals surface area contributed by atoms with E-state index in [0.29, 0.717) is 0 Å². The average Bonchev–Trinajstić information content (AvgIpc) is 2.04. The van der Waals surface area contributed by atoms with Crippen LogP contribution in [0.4, 0.5) is 0 Å². The van der Waals surface area contributed by atoms with Crippen molar-refractivity contribution >= 4 is 0 Å². The van der Waals surface area contributed by atoms with Crippen molar-refractivity contribution in [1.82, 2.24) is 0 Å². The number of hydrogen-bond acceptors (Lipinski definition) is 2. The van der Waals surface area contributed by atoms with Crippen LogP contribution < -0.4 is 5.73 Å². The number of unbranched alkanes of at least 4 members (excludes halogenated alkanes) is 4. The Bertz CT molecular complexity index is 102. The van der Waals surface area contributed by atoms with Gasteiger partial charge < -0.3 is 10.8 Å². The minimum atomic E-state index is -0.355. The second-order valence-electron chi connectivity index (χ2n) is 3.98. The molecule has 12 heavy (non-hydrogen) atoms. The highest BCUT2D eigenvalue weighted by Gasteiger charge is 2.15. The summed E-state index contributed by atoms with van der Waals surface area (Å²) in [5.41, 5.74) is 5.43. The summed E-state index contributed by atoms with van der Waals surface area (Å²) in [6, 6.07) is 0. The molecule has 1 atom stereocenters. The molecular formula is C10H23NO. The molecule has 0 bridgehead atoms. The first-order chi connectivity index (χ1) is 5.62. The molecule has 0 rings (SSSR count). The summed E-state index contributed by atoms with van der Waals surface area (Å²) in [6.45, 7) is 4.22. The van der Waals surface area contributed by atoms with Crippen LogP contribution in [0.3, 0.4) is 0 Å². The van der Waals surface area contributed by atoms with Crippen LogP contribution in [0.15, 0.2) is 0 Å². The second kappa shape index (κ2) is 6.44. The van der Waals surface area contributed by atoms with Gasteiger partial charge in [-0.1, -0.05) is 39.0 Å². The molecule has 0 aromatic carbocycles. The fourth-order valence-corrected chi connectivity index (χ4v) is 1.21. The Morgan fingerprint density at radius 2 is 1.75 bits per heavy atom. The number of nitrogens with two attached hydrogens (primary N) is 1. The highest BCUT2D eigenvalue weighted by atomic mass is 16.3. The van der Waals surface area contributed by atoms with Gasteiger partial charge in [0.15, 0.2) is 0 Å². The van der Waals surface area contributed by atoms with Crippen molar-refractivity contribution in [3.05, 3.63) is 0 Å². The van der Waals surface area contributed by atoms with Gasteiger partial charge in [-0.3, -0.25) is 0 Å². The van der Waals surface area contributed by atoms with Crippen LogP contribution in [0.2, 0.25) is 0 Å². The van der Waals surface area contributed by atoms with Crippen LogP contribution in [0.5, 0.6) is 0 Å². The molecule has 0 aliphatic rings. The SMILES string of the molecule is CCCCCCCC(C)(N)CO. The molecule has 1 unspecified atom stereocenters. The number of hydrogen-bond donors (Lipinski definition) is 2. The Balaban J connectivity index is 3.19. The molecule has 0 fully saturated rings. The Hall–Kier alpha value is -0.0800. The van der Waals surface area contributed by atoms with E-state index in [1.54, 1.807) is 0 Å². The van der Waals surface area contributed by atoms with Crippen molar-refractivity contribution in [2.75, 3.05) is 6.61 Å². The zero-order valence-electron chi connectivity index (χ0n) is 8.47. The molecule has 0 saturated heterocycles. The van der Waals surface area contributed by atoms with E-state index in [1.165, 1.54) is 25.7 Å². The molecule has 0 aliphatic heterocycles. The molecule has 0 saturated carbocycles. The summed E-state index contributed by atoms with van der Waals surface area (Å²) in [4.78, 5) is 0. The molecule has 0 spiro atoms. The van der Waals surface area contributed by atoms with Gasteiger partial charge in [0.1, 0.15) is 0 Å². The lowest BCUT2D eigenvalue weighted by atomic mass is 9.96. The Labute approximate surface area is 76.2 Å². The van der Waals surface area contributed by atoms with Crippen LogP contribution in [0.1, 0.15) is 52.4 Å². The van der Waals surface area contributed by atoms with Gasteiger partial charge in [-0.2, -0.15) is 0 Å². The van der Waals surface area contributed by atoms with Gasteiger partial charge in [0.2, 0.25) is 0 Å². The minimum absolute atomic E-state index is 0.0980. The van der Waals surface area contributed by atoms with Crippen molar-refractivity contribution in [3.8, 4) is 0 Å². The molecule has 0 aromatic heterocycles. The summed E-state index contributed by atoms with van der Waals surface area (Å²) < 4.78 is 0. The monoisotopic (exact) mass is 173 g/mol. The van der Waals surface area contributed by atoms with E-state index >= 15 is 0 Å². The highest BCUT2D eigenvalue weighted by Crippen LogP contribution is 2.12. The molecule has 0 aliphatic carbocycles. The summed E-state index contributed by atoms with van der Waals surface area (Å²) in [7, 11) is 0. The van der Waals surface area contributed by atoms with Crippen molar-refractivity contribution < 1.29 is 5.11 Å². The van der Waals surface area contributed by atoms with Crippen LogP contribution in [-0.4, -0.2) is 17.3 Å². The van der Waals surface area contributed by atoms with Gasteiger partial charge in [0.25, 0.3) is 0 Å². The van der Waals surface area contributed by atoms with Crippen LogP contribution >= 0.6 is 0 Å². The maximum absolute atomic E-state index is 8.87. The molecule has 3 N–H and O–H groups in total. The third-order valence-electron chi connectivity index (χ3n) is 2.21. The summed E-state index contributed by atoms with van der Waals surface area (Å²) >= 11 is 0. The first-order valence-corrected chi connectivity index (χ1v) is 5.02. The first-order valence-electron chi connectivity index (χ1n) is 5.02. The van der Waals surface area contributed by atoms with Crippen molar-refractivity contribution in [3.63, 3.8) is 0 Å². The van der Waals surface area contributed by atoms with Crippen molar-refractivity contribution in [2.45, 2.75) is 57.9 Å². The molecule has 0 aromatic rings. The summed E-state index contributed by atoms with van der Waals surface area (Å²) in [6.07, 6.45) is 7.24. The second-order valence-corrected chi connectivity index (χ2v) is 3.98. The van der Waals surface area contributed by atoms with Crippen LogP contribution in [0, 0.1) is 0 Å². The third-order valence-corrected chi connectivity index (χ3v) is 2.21. The van der Waals surface area contributed by atoms with Crippen molar-refractivity contribution in [1.29, 1.82) is 0 Å². The number of aliphatic hydroxyl groups excluding tert-OH is 1. The van der Waals surface area contributed by atoms with E-state index in [0.717, 1.165) is 12.8 Å².